The van der Waals surface area contributed by atoms with Crippen LogP contribution in [0.15, 0.2) is 79.4 Å². The van der Waals surface area contributed by atoms with Crippen molar-refractivity contribution in [3.05, 3.63) is 84.9 Å². The van der Waals surface area contributed by atoms with Crippen LogP contribution >= 0.6 is 0 Å². The lowest BCUT2D eigenvalue weighted by Gasteiger charge is -2.15. The van der Waals surface area contributed by atoms with Crippen molar-refractivity contribution in [1.29, 1.82) is 0 Å². The lowest BCUT2D eigenvalue weighted by atomic mass is 9.88. The zero-order valence-electron chi connectivity index (χ0n) is 13.6. The molecule has 0 spiro atoms. The smallest absolute Gasteiger partial charge is 0.118 e. The fourth-order valence-electron chi connectivity index (χ4n) is 3.45. The van der Waals surface area contributed by atoms with E-state index in [9.17, 15) is 0 Å². The first-order valence-electron chi connectivity index (χ1n) is 8.04. The van der Waals surface area contributed by atoms with E-state index < -0.39 is 0 Å². The average Bonchev–Trinajstić information content (AvgIpc) is 2.66. The molecule has 1 heteroatoms. The Kier molecular flexibility index (Phi) is 3.55. The molecule has 0 unspecified atom stereocenters. The summed E-state index contributed by atoms with van der Waals surface area (Å²) in [5.74, 6) is 0.870. The second-order valence-electron chi connectivity index (χ2n) is 5.81. The van der Waals surface area contributed by atoms with Crippen LogP contribution in [-0.2, 0) is 0 Å². The van der Waals surface area contributed by atoms with Crippen molar-refractivity contribution in [2.75, 3.05) is 7.11 Å². The van der Waals surface area contributed by atoms with Gasteiger partial charge >= 0.3 is 0 Å². The Morgan fingerprint density at radius 2 is 1.21 bits per heavy atom. The number of hydrogen-bond acceptors (Lipinski definition) is 1. The summed E-state index contributed by atoms with van der Waals surface area (Å²) in [5.41, 5.74) is 3.65. The fourth-order valence-corrected chi connectivity index (χ4v) is 3.45. The average molecular weight is 310 g/mol. The van der Waals surface area contributed by atoms with Gasteiger partial charge in [0.05, 0.1) is 7.11 Å². The minimum Gasteiger partial charge on any atom is -0.497 e. The van der Waals surface area contributed by atoms with Gasteiger partial charge in [0.1, 0.15) is 5.75 Å². The number of rotatable bonds is 3. The molecule has 0 saturated carbocycles. The van der Waals surface area contributed by atoms with Crippen LogP contribution in [0.1, 0.15) is 5.56 Å². The molecule has 24 heavy (non-hydrogen) atoms. The second-order valence-corrected chi connectivity index (χ2v) is 5.81. The monoisotopic (exact) mass is 310 g/mol. The maximum absolute atomic E-state index is 5.30. The highest BCUT2D eigenvalue weighted by atomic mass is 16.5. The molecule has 1 nitrogen and oxygen atoms in total. The zero-order valence-corrected chi connectivity index (χ0v) is 13.6. The van der Waals surface area contributed by atoms with E-state index in [1.807, 2.05) is 18.2 Å². The lowest BCUT2D eigenvalue weighted by molar-refractivity contribution is 0.415. The summed E-state index contributed by atoms with van der Waals surface area (Å²) in [6, 6.07) is 25.4. The summed E-state index contributed by atoms with van der Waals surface area (Å²) in [6.45, 7) is 4.04. The number of ether oxygens (including phenoxy) is 1. The molecule has 0 fully saturated rings. The molecule has 0 bridgehead atoms. The SMILES string of the molecule is C=Cc1c2ccccc2c(-c2ccc(OC)cc2)c2ccccc12. The van der Waals surface area contributed by atoms with Crippen LogP contribution in [0, 0.1) is 0 Å². The largest absolute Gasteiger partial charge is 0.497 e. The zero-order chi connectivity index (χ0) is 16.5. The molecule has 0 aromatic heterocycles. The first-order valence-corrected chi connectivity index (χ1v) is 8.04. The van der Waals surface area contributed by atoms with E-state index in [0.717, 1.165) is 5.75 Å². The molecule has 116 valence electrons. The van der Waals surface area contributed by atoms with Gasteiger partial charge in [-0.3, -0.25) is 0 Å². The van der Waals surface area contributed by atoms with Gasteiger partial charge in [-0.15, -0.1) is 0 Å². The first-order chi connectivity index (χ1) is 11.8. The third kappa shape index (κ3) is 2.17. The quantitative estimate of drug-likeness (QED) is 0.403. The highest BCUT2D eigenvalue weighted by molar-refractivity contribution is 6.17. The van der Waals surface area contributed by atoms with E-state index in [0.29, 0.717) is 0 Å². The van der Waals surface area contributed by atoms with E-state index in [1.54, 1.807) is 7.11 Å². The maximum Gasteiger partial charge on any atom is 0.118 e. The van der Waals surface area contributed by atoms with E-state index in [4.69, 9.17) is 4.74 Å². The van der Waals surface area contributed by atoms with Crippen molar-refractivity contribution in [2.24, 2.45) is 0 Å². The number of hydrogen-bond donors (Lipinski definition) is 0. The number of methoxy groups -OCH3 is 1. The molecule has 4 rings (SSSR count). The van der Waals surface area contributed by atoms with Gasteiger partial charge in [-0.05, 0) is 50.4 Å². The van der Waals surface area contributed by atoms with Crippen molar-refractivity contribution < 1.29 is 4.74 Å². The molecule has 0 N–H and O–H groups in total. The van der Waals surface area contributed by atoms with Crippen molar-refractivity contribution >= 4 is 27.6 Å². The predicted octanol–water partition coefficient (Wildman–Crippen LogP) is 6.31. The van der Waals surface area contributed by atoms with Crippen molar-refractivity contribution in [3.63, 3.8) is 0 Å². The van der Waals surface area contributed by atoms with Crippen LogP contribution in [0.25, 0.3) is 38.7 Å². The topological polar surface area (TPSA) is 9.23 Å². The van der Waals surface area contributed by atoms with Crippen LogP contribution in [0.3, 0.4) is 0 Å². The van der Waals surface area contributed by atoms with Gasteiger partial charge in [-0.1, -0.05) is 73.3 Å². The molecule has 0 amide bonds. The van der Waals surface area contributed by atoms with Crippen LogP contribution in [0.5, 0.6) is 5.75 Å². The van der Waals surface area contributed by atoms with Gasteiger partial charge in [-0.25, -0.2) is 0 Å². The molecule has 0 radical (unpaired) electrons. The Morgan fingerprint density at radius 3 is 1.67 bits per heavy atom. The molecule has 4 aromatic carbocycles. The first kappa shape index (κ1) is 14.5. The molecule has 0 aliphatic heterocycles. The van der Waals surface area contributed by atoms with E-state index >= 15 is 0 Å². The summed E-state index contributed by atoms with van der Waals surface area (Å²) >= 11 is 0. The standard InChI is InChI=1S/C23H18O/c1-3-18-19-8-4-6-10-21(19)23(22-11-7-5-9-20(18)22)16-12-14-17(24-2)15-13-16/h3-15H,1H2,2H3. The van der Waals surface area contributed by atoms with Gasteiger partial charge < -0.3 is 4.74 Å². The molecule has 0 heterocycles. The summed E-state index contributed by atoms with van der Waals surface area (Å²) < 4.78 is 5.30. The van der Waals surface area contributed by atoms with Gasteiger partial charge in [0, 0.05) is 0 Å². The minimum absolute atomic E-state index is 0.870. The van der Waals surface area contributed by atoms with Crippen LogP contribution in [0.4, 0.5) is 0 Å². The Labute approximate surface area is 141 Å². The van der Waals surface area contributed by atoms with E-state index in [-0.39, 0.29) is 0 Å². The summed E-state index contributed by atoms with van der Waals surface area (Å²) in [7, 11) is 1.69. The summed E-state index contributed by atoms with van der Waals surface area (Å²) in [6.07, 6.45) is 1.96. The molecular formula is C23H18O. The highest BCUT2D eigenvalue weighted by Crippen LogP contribution is 2.39. The normalized spacial score (nSPS) is 10.9. The summed E-state index contributed by atoms with van der Waals surface area (Å²) in [5, 5.41) is 4.96. The lowest BCUT2D eigenvalue weighted by Crippen LogP contribution is -1.90. The molecule has 0 saturated heterocycles. The van der Waals surface area contributed by atoms with Crippen molar-refractivity contribution in [3.8, 4) is 16.9 Å². The number of benzene rings is 4. The third-order valence-corrected chi connectivity index (χ3v) is 4.56. The molecule has 4 aromatic rings. The summed E-state index contributed by atoms with van der Waals surface area (Å²) in [4.78, 5) is 0. The van der Waals surface area contributed by atoms with Gasteiger partial charge in [0.25, 0.3) is 0 Å². The molecule has 0 aliphatic carbocycles. The number of fused-ring (bicyclic) bond motifs is 2. The third-order valence-electron chi connectivity index (χ3n) is 4.56. The molecular weight excluding hydrogens is 292 g/mol. The Morgan fingerprint density at radius 1 is 0.708 bits per heavy atom. The Bertz CT molecular complexity index is 986. The van der Waals surface area contributed by atoms with Gasteiger partial charge in [0.2, 0.25) is 0 Å². The van der Waals surface area contributed by atoms with Gasteiger partial charge in [0.15, 0.2) is 0 Å². The predicted molar refractivity (Wildman–Crippen MR) is 104 cm³/mol. The maximum atomic E-state index is 5.30. The highest BCUT2D eigenvalue weighted by Gasteiger charge is 2.13. The fraction of sp³-hybridized carbons (Fsp3) is 0.0435. The van der Waals surface area contributed by atoms with Crippen LogP contribution in [-0.4, -0.2) is 7.11 Å². The van der Waals surface area contributed by atoms with Gasteiger partial charge in [-0.2, -0.15) is 0 Å². The molecule has 0 aliphatic rings. The Hall–Kier alpha value is -3.06. The second kappa shape index (κ2) is 5.86. The van der Waals surface area contributed by atoms with Crippen LogP contribution < -0.4 is 4.74 Å². The van der Waals surface area contributed by atoms with Crippen LogP contribution in [0.2, 0.25) is 0 Å². The molecule has 0 atom stereocenters. The van der Waals surface area contributed by atoms with E-state index in [1.165, 1.54) is 38.2 Å². The van der Waals surface area contributed by atoms with Crippen molar-refractivity contribution in [1.82, 2.24) is 0 Å². The van der Waals surface area contributed by atoms with E-state index in [2.05, 4.69) is 67.2 Å². The Balaban J connectivity index is 2.17. The minimum atomic E-state index is 0.870. The van der Waals surface area contributed by atoms with Crippen molar-refractivity contribution in [2.45, 2.75) is 0 Å².